The number of carbonyl (C=O) groups excluding carboxylic acids is 2. The average Bonchev–Trinajstić information content (AvgIpc) is 3.40. The lowest BCUT2D eigenvalue weighted by atomic mass is 10.0. The molecule has 0 spiro atoms. The van der Waals surface area contributed by atoms with Crippen LogP contribution in [-0.2, 0) is 16.0 Å². The minimum absolute atomic E-state index is 0.200. The van der Waals surface area contributed by atoms with Gasteiger partial charge in [-0.1, -0.05) is 48.5 Å². The van der Waals surface area contributed by atoms with E-state index in [1.807, 2.05) is 54.6 Å². The summed E-state index contributed by atoms with van der Waals surface area (Å²) in [5, 5.41) is 1.03. The molecular formula is C25H21N3O4. The lowest BCUT2D eigenvalue weighted by molar-refractivity contribution is -0.136. The summed E-state index contributed by atoms with van der Waals surface area (Å²) in [7, 11) is 0. The third-order valence-corrected chi connectivity index (χ3v) is 5.53. The fourth-order valence-electron chi connectivity index (χ4n) is 4.06. The van der Waals surface area contributed by atoms with Gasteiger partial charge in [-0.05, 0) is 25.0 Å². The number of oxazole rings is 1. The van der Waals surface area contributed by atoms with Crippen LogP contribution < -0.4 is 0 Å². The van der Waals surface area contributed by atoms with Crippen molar-refractivity contribution in [2.45, 2.75) is 13.3 Å². The van der Waals surface area contributed by atoms with Gasteiger partial charge in [0.05, 0.1) is 17.9 Å². The normalized spacial score (nSPS) is 13.4. The monoisotopic (exact) mass is 427 g/mol. The Bertz CT molecular complexity index is 1330. The molecule has 1 aliphatic heterocycles. The lowest BCUT2D eigenvalue weighted by Crippen LogP contribution is -2.28. The van der Waals surface area contributed by atoms with Crippen LogP contribution in [0.3, 0.4) is 0 Å². The molecule has 5 rings (SSSR count). The van der Waals surface area contributed by atoms with Crippen LogP contribution in [-0.4, -0.2) is 39.9 Å². The van der Waals surface area contributed by atoms with E-state index in [4.69, 9.17) is 9.15 Å². The number of hydrogen-bond acceptors (Lipinski definition) is 5. The Morgan fingerprint density at radius 3 is 2.72 bits per heavy atom. The van der Waals surface area contributed by atoms with Crippen molar-refractivity contribution < 1.29 is 18.7 Å². The number of amides is 1. The zero-order chi connectivity index (χ0) is 22.1. The Hall–Kier alpha value is -4.13. The van der Waals surface area contributed by atoms with Crippen LogP contribution in [0.1, 0.15) is 28.7 Å². The molecule has 0 radical (unpaired) electrons. The molecule has 160 valence electrons. The molecule has 7 heteroatoms. The number of carbonyl (C=O) groups is 2. The van der Waals surface area contributed by atoms with Crippen LogP contribution in [0.25, 0.3) is 27.8 Å². The van der Waals surface area contributed by atoms with Crippen molar-refractivity contribution in [1.82, 2.24) is 14.9 Å². The molecule has 32 heavy (non-hydrogen) atoms. The predicted molar refractivity (Wildman–Crippen MR) is 120 cm³/mol. The first kappa shape index (κ1) is 19.8. The number of rotatable bonds is 4. The SMILES string of the molecule is CCOC(=O)C1=CN(C(=O)c2ncoc2-c2ccccc2)CCc2c1[nH]c1ccccc21. The van der Waals surface area contributed by atoms with E-state index < -0.39 is 5.97 Å². The van der Waals surface area contributed by atoms with Gasteiger partial charge in [-0.25, -0.2) is 9.78 Å². The highest BCUT2D eigenvalue weighted by Crippen LogP contribution is 2.32. The Labute approximate surface area is 184 Å². The zero-order valence-electron chi connectivity index (χ0n) is 17.5. The van der Waals surface area contributed by atoms with E-state index >= 15 is 0 Å². The highest BCUT2D eigenvalue weighted by molar-refractivity contribution is 6.18. The Morgan fingerprint density at radius 1 is 1.12 bits per heavy atom. The second-order valence-electron chi connectivity index (χ2n) is 7.43. The largest absolute Gasteiger partial charge is 0.462 e. The van der Waals surface area contributed by atoms with Crippen LogP contribution in [0.5, 0.6) is 0 Å². The molecule has 1 N–H and O–H groups in total. The molecule has 2 aromatic heterocycles. The molecule has 4 aromatic rings. The van der Waals surface area contributed by atoms with Crippen LogP contribution >= 0.6 is 0 Å². The predicted octanol–water partition coefficient (Wildman–Crippen LogP) is 4.43. The van der Waals surface area contributed by atoms with E-state index in [0.717, 1.165) is 22.0 Å². The molecule has 0 saturated heterocycles. The summed E-state index contributed by atoms with van der Waals surface area (Å²) in [5.74, 6) is -0.424. The molecule has 7 nitrogen and oxygen atoms in total. The van der Waals surface area contributed by atoms with E-state index in [9.17, 15) is 9.59 Å². The highest BCUT2D eigenvalue weighted by Gasteiger charge is 2.29. The van der Waals surface area contributed by atoms with Crippen LogP contribution in [0.15, 0.2) is 71.6 Å². The second-order valence-corrected chi connectivity index (χ2v) is 7.43. The van der Waals surface area contributed by atoms with Crippen LogP contribution in [0, 0.1) is 0 Å². The third-order valence-electron chi connectivity index (χ3n) is 5.53. The third kappa shape index (κ3) is 3.37. The van der Waals surface area contributed by atoms with E-state index in [2.05, 4.69) is 9.97 Å². The fraction of sp³-hybridized carbons (Fsp3) is 0.160. The molecule has 0 fully saturated rings. The Balaban J connectivity index is 1.57. The number of H-pyrrole nitrogens is 1. The smallest absolute Gasteiger partial charge is 0.341 e. The number of fused-ring (bicyclic) bond motifs is 3. The molecule has 0 aliphatic carbocycles. The number of aromatic amines is 1. The van der Waals surface area contributed by atoms with Gasteiger partial charge in [0.2, 0.25) is 0 Å². The van der Waals surface area contributed by atoms with Crippen LogP contribution in [0.4, 0.5) is 0 Å². The number of ether oxygens (including phenoxy) is 1. The molecular weight excluding hydrogens is 406 g/mol. The summed E-state index contributed by atoms with van der Waals surface area (Å²) in [6.07, 6.45) is 3.40. The van der Waals surface area contributed by atoms with Crippen molar-refractivity contribution in [3.05, 3.63) is 84.1 Å². The number of hydrogen-bond donors (Lipinski definition) is 1. The van der Waals surface area contributed by atoms with Gasteiger partial charge < -0.3 is 19.0 Å². The average molecular weight is 427 g/mol. The van der Waals surface area contributed by atoms with E-state index in [1.54, 1.807) is 13.1 Å². The van der Waals surface area contributed by atoms with Gasteiger partial charge in [0.15, 0.2) is 17.8 Å². The van der Waals surface area contributed by atoms with Gasteiger partial charge >= 0.3 is 5.97 Å². The second kappa shape index (κ2) is 8.19. The first-order valence-electron chi connectivity index (χ1n) is 10.5. The molecule has 0 saturated carbocycles. The minimum atomic E-state index is -0.483. The number of benzene rings is 2. The van der Waals surface area contributed by atoms with Crippen molar-refractivity contribution >= 4 is 28.4 Å². The topological polar surface area (TPSA) is 88.4 Å². The Morgan fingerprint density at radius 2 is 1.91 bits per heavy atom. The van der Waals surface area contributed by atoms with Gasteiger partial charge in [0, 0.05) is 29.2 Å². The summed E-state index contributed by atoms with van der Waals surface area (Å²) in [5.41, 5.74) is 3.88. The fourth-order valence-corrected chi connectivity index (χ4v) is 4.06. The quantitative estimate of drug-likeness (QED) is 0.487. The van der Waals surface area contributed by atoms with Gasteiger partial charge in [-0.2, -0.15) is 0 Å². The van der Waals surface area contributed by atoms with Crippen LogP contribution in [0.2, 0.25) is 0 Å². The molecule has 3 heterocycles. The molecule has 2 aromatic carbocycles. The molecule has 0 unspecified atom stereocenters. The van der Waals surface area contributed by atoms with Gasteiger partial charge in [-0.15, -0.1) is 0 Å². The number of para-hydroxylation sites is 1. The first-order chi connectivity index (χ1) is 15.7. The van der Waals surface area contributed by atoms with E-state index in [-0.39, 0.29) is 18.2 Å². The number of aromatic nitrogens is 2. The lowest BCUT2D eigenvalue weighted by Gasteiger charge is -2.17. The maximum Gasteiger partial charge on any atom is 0.341 e. The maximum atomic E-state index is 13.5. The molecule has 0 bridgehead atoms. The number of nitrogens with zero attached hydrogens (tertiary/aromatic N) is 2. The standard InChI is InChI=1S/C25H21N3O4/c1-2-31-25(30)19-14-28(13-12-18-17-10-6-7-11-20(17)27-21(18)19)24(29)22-23(32-15-26-22)16-8-4-3-5-9-16/h3-11,14-15,27H,2,12-13H2,1H3. The maximum absolute atomic E-state index is 13.5. The number of nitrogens with one attached hydrogen (secondary N) is 1. The van der Waals surface area contributed by atoms with Crippen molar-refractivity contribution in [2.24, 2.45) is 0 Å². The summed E-state index contributed by atoms with van der Waals surface area (Å²) in [4.78, 5) is 35.3. The van der Waals surface area contributed by atoms with Crippen molar-refractivity contribution in [1.29, 1.82) is 0 Å². The zero-order valence-corrected chi connectivity index (χ0v) is 17.5. The summed E-state index contributed by atoms with van der Waals surface area (Å²) >= 11 is 0. The van der Waals surface area contributed by atoms with Gasteiger partial charge in [0.25, 0.3) is 5.91 Å². The van der Waals surface area contributed by atoms with Crippen molar-refractivity contribution in [2.75, 3.05) is 13.2 Å². The molecule has 1 amide bonds. The molecule has 0 atom stereocenters. The summed E-state index contributed by atoms with van der Waals surface area (Å²) in [6.45, 7) is 2.38. The highest BCUT2D eigenvalue weighted by atomic mass is 16.5. The Kier molecular flexibility index (Phi) is 5.07. The van der Waals surface area contributed by atoms with Gasteiger partial charge in [-0.3, -0.25) is 4.79 Å². The minimum Gasteiger partial charge on any atom is -0.462 e. The van der Waals surface area contributed by atoms with E-state index in [0.29, 0.717) is 30.0 Å². The molecule has 1 aliphatic rings. The first-order valence-corrected chi connectivity index (χ1v) is 10.5. The van der Waals surface area contributed by atoms with Crippen molar-refractivity contribution in [3.8, 4) is 11.3 Å². The van der Waals surface area contributed by atoms with Gasteiger partial charge in [0.1, 0.15) is 0 Å². The summed E-state index contributed by atoms with van der Waals surface area (Å²) in [6, 6.07) is 17.2. The summed E-state index contributed by atoms with van der Waals surface area (Å²) < 4.78 is 10.8. The number of esters is 1. The van der Waals surface area contributed by atoms with Crippen molar-refractivity contribution in [3.63, 3.8) is 0 Å². The van der Waals surface area contributed by atoms with E-state index in [1.165, 1.54) is 11.3 Å².